The molecule has 0 unspecified atom stereocenters. The van der Waals surface area contributed by atoms with Gasteiger partial charge in [-0.2, -0.15) is 5.10 Å². The average Bonchev–Trinajstić information content (AvgIpc) is 3.04. The minimum absolute atomic E-state index is 0.0442. The van der Waals surface area contributed by atoms with E-state index in [0.29, 0.717) is 18.8 Å². The first kappa shape index (κ1) is 13.3. The van der Waals surface area contributed by atoms with E-state index in [4.69, 9.17) is 0 Å². The molecule has 3 heterocycles. The van der Waals surface area contributed by atoms with Crippen molar-refractivity contribution in [2.45, 2.75) is 26.4 Å². The molecular formula is C13H17N5OS. The normalized spacial score (nSPS) is 14.1. The predicted molar refractivity (Wildman–Crippen MR) is 76.6 cm³/mol. The number of aromatic nitrogens is 3. The Labute approximate surface area is 121 Å². The molecule has 0 aliphatic carbocycles. The number of carbonyl (C=O) groups is 1. The molecule has 0 bridgehead atoms. The van der Waals surface area contributed by atoms with Crippen LogP contribution < -0.4 is 5.32 Å². The molecule has 0 aromatic carbocycles. The number of hydrogen-bond donors (Lipinski definition) is 2. The van der Waals surface area contributed by atoms with Crippen LogP contribution in [0.5, 0.6) is 0 Å². The molecule has 1 aliphatic heterocycles. The number of hydrogen-bond acceptors (Lipinski definition) is 5. The van der Waals surface area contributed by atoms with Crippen molar-refractivity contribution < 1.29 is 4.79 Å². The molecule has 0 saturated carbocycles. The summed E-state index contributed by atoms with van der Waals surface area (Å²) >= 11 is 1.61. The fourth-order valence-electron chi connectivity index (χ4n) is 2.37. The Morgan fingerprint density at radius 2 is 2.40 bits per heavy atom. The van der Waals surface area contributed by atoms with Crippen LogP contribution in [0.4, 0.5) is 0 Å². The van der Waals surface area contributed by atoms with Gasteiger partial charge in [0.05, 0.1) is 11.6 Å². The molecule has 1 aliphatic rings. The molecule has 3 rings (SSSR count). The number of nitrogens with zero attached hydrogens (tertiary/aromatic N) is 3. The van der Waals surface area contributed by atoms with Gasteiger partial charge in [-0.25, -0.2) is 4.98 Å². The third kappa shape index (κ3) is 2.46. The molecule has 0 spiro atoms. The van der Waals surface area contributed by atoms with Crippen LogP contribution in [0, 0.1) is 6.92 Å². The summed E-state index contributed by atoms with van der Waals surface area (Å²) in [5.41, 5.74) is 2.62. The van der Waals surface area contributed by atoms with Crippen molar-refractivity contribution in [2.24, 2.45) is 0 Å². The fourth-order valence-corrected chi connectivity index (χ4v) is 3.22. The van der Waals surface area contributed by atoms with Crippen LogP contribution in [-0.2, 0) is 19.5 Å². The lowest BCUT2D eigenvalue weighted by Crippen LogP contribution is -2.29. The van der Waals surface area contributed by atoms with Crippen LogP contribution in [0.3, 0.4) is 0 Å². The lowest BCUT2D eigenvalue weighted by molar-refractivity contribution is 0.0779. The SMILES string of the molecule is Cc1ncc(CN(C)C(=O)c2n[nH]c3c2CNCC3)s1. The first-order chi connectivity index (χ1) is 9.65. The van der Waals surface area contributed by atoms with E-state index in [0.717, 1.165) is 34.1 Å². The van der Waals surface area contributed by atoms with E-state index in [2.05, 4.69) is 20.5 Å². The molecule has 0 radical (unpaired) electrons. The van der Waals surface area contributed by atoms with E-state index in [1.54, 1.807) is 23.3 Å². The molecule has 0 saturated heterocycles. The molecular weight excluding hydrogens is 274 g/mol. The molecule has 1 amide bonds. The van der Waals surface area contributed by atoms with Gasteiger partial charge in [-0.05, 0) is 6.92 Å². The fraction of sp³-hybridized carbons (Fsp3) is 0.462. The quantitative estimate of drug-likeness (QED) is 0.888. The summed E-state index contributed by atoms with van der Waals surface area (Å²) in [5, 5.41) is 11.5. The van der Waals surface area contributed by atoms with E-state index < -0.39 is 0 Å². The van der Waals surface area contributed by atoms with Gasteiger partial charge in [-0.1, -0.05) is 0 Å². The van der Waals surface area contributed by atoms with Crippen LogP contribution >= 0.6 is 11.3 Å². The third-order valence-corrected chi connectivity index (χ3v) is 4.32. The second kappa shape index (κ2) is 5.34. The standard InChI is InChI=1S/C13H17N5OS/c1-8-15-5-9(20-8)7-18(2)13(19)12-10-6-14-4-3-11(10)16-17-12/h5,14H,3-4,6-7H2,1-2H3,(H,16,17). The van der Waals surface area contributed by atoms with Gasteiger partial charge in [0.25, 0.3) is 5.91 Å². The van der Waals surface area contributed by atoms with Gasteiger partial charge in [-0.15, -0.1) is 11.3 Å². The number of thiazole rings is 1. The highest BCUT2D eigenvalue weighted by molar-refractivity contribution is 7.11. The summed E-state index contributed by atoms with van der Waals surface area (Å²) in [6, 6.07) is 0. The Hall–Kier alpha value is -1.73. The smallest absolute Gasteiger partial charge is 0.274 e. The Kier molecular flexibility index (Phi) is 3.54. The third-order valence-electron chi connectivity index (χ3n) is 3.42. The molecule has 0 atom stereocenters. The van der Waals surface area contributed by atoms with E-state index in [-0.39, 0.29) is 5.91 Å². The summed E-state index contributed by atoms with van der Waals surface area (Å²) in [4.78, 5) is 19.5. The Morgan fingerprint density at radius 1 is 1.55 bits per heavy atom. The lowest BCUT2D eigenvalue weighted by Gasteiger charge is -2.17. The van der Waals surface area contributed by atoms with Gasteiger partial charge >= 0.3 is 0 Å². The van der Waals surface area contributed by atoms with Crippen LogP contribution in [-0.4, -0.2) is 39.6 Å². The van der Waals surface area contributed by atoms with Gasteiger partial charge in [0.15, 0.2) is 5.69 Å². The summed E-state index contributed by atoms with van der Waals surface area (Å²) in [6.07, 6.45) is 2.72. The van der Waals surface area contributed by atoms with Gasteiger partial charge in [0.2, 0.25) is 0 Å². The Balaban J connectivity index is 1.76. The lowest BCUT2D eigenvalue weighted by atomic mass is 10.1. The number of fused-ring (bicyclic) bond motifs is 1. The number of aryl methyl sites for hydroxylation is 1. The second-order valence-electron chi connectivity index (χ2n) is 4.96. The number of carbonyl (C=O) groups excluding carboxylic acids is 1. The van der Waals surface area contributed by atoms with E-state index >= 15 is 0 Å². The zero-order valence-corrected chi connectivity index (χ0v) is 12.4. The average molecular weight is 291 g/mol. The van der Waals surface area contributed by atoms with Crippen molar-refractivity contribution in [1.29, 1.82) is 0 Å². The first-order valence-electron chi connectivity index (χ1n) is 6.58. The zero-order valence-electron chi connectivity index (χ0n) is 11.6. The van der Waals surface area contributed by atoms with Crippen LogP contribution in [0.2, 0.25) is 0 Å². The molecule has 0 fully saturated rings. The van der Waals surface area contributed by atoms with Gasteiger partial charge < -0.3 is 10.2 Å². The number of amides is 1. The maximum absolute atomic E-state index is 12.5. The van der Waals surface area contributed by atoms with Crippen molar-refractivity contribution in [2.75, 3.05) is 13.6 Å². The zero-order chi connectivity index (χ0) is 14.1. The van der Waals surface area contributed by atoms with Crippen molar-refractivity contribution in [3.05, 3.63) is 33.0 Å². The Bertz CT molecular complexity index is 632. The van der Waals surface area contributed by atoms with Crippen LogP contribution in [0.1, 0.15) is 31.6 Å². The Morgan fingerprint density at radius 3 is 3.15 bits per heavy atom. The molecule has 106 valence electrons. The highest BCUT2D eigenvalue weighted by Crippen LogP contribution is 2.19. The maximum Gasteiger partial charge on any atom is 0.274 e. The van der Waals surface area contributed by atoms with Crippen molar-refractivity contribution in [3.8, 4) is 0 Å². The molecule has 6 nitrogen and oxygen atoms in total. The molecule has 2 N–H and O–H groups in total. The van der Waals surface area contributed by atoms with Crippen molar-refractivity contribution in [1.82, 2.24) is 25.4 Å². The minimum atomic E-state index is -0.0442. The number of rotatable bonds is 3. The van der Waals surface area contributed by atoms with E-state index in [9.17, 15) is 4.79 Å². The number of aromatic amines is 1. The highest BCUT2D eigenvalue weighted by atomic mass is 32.1. The van der Waals surface area contributed by atoms with Gasteiger partial charge in [0.1, 0.15) is 0 Å². The molecule has 20 heavy (non-hydrogen) atoms. The van der Waals surface area contributed by atoms with E-state index in [1.807, 2.05) is 13.1 Å². The first-order valence-corrected chi connectivity index (χ1v) is 7.40. The second-order valence-corrected chi connectivity index (χ2v) is 6.28. The number of nitrogens with one attached hydrogen (secondary N) is 2. The van der Waals surface area contributed by atoms with Gasteiger partial charge in [0, 0.05) is 48.9 Å². The van der Waals surface area contributed by atoms with Crippen molar-refractivity contribution in [3.63, 3.8) is 0 Å². The molecule has 2 aromatic rings. The van der Waals surface area contributed by atoms with Crippen molar-refractivity contribution >= 4 is 17.2 Å². The summed E-state index contributed by atoms with van der Waals surface area (Å²) < 4.78 is 0. The summed E-state index contributed by atoms with van der Waals surface area (Å²) in [7, 11) is 1.80. The van der Waals surface area contributed by atoms with Crippen LogP contribution in [0.15, 0.2) is 6.20 Å². The van der Waals surface area contributed by atoms with E-state index in [1.165, 1.54) is 0 Å². The van der Waals surface area contributed by atoms with Crippen LogP contribution in [0.25, 0.3) is 0 Å². The largest absolute Gasteiger partial charge is 0.335 e. The monoisotopic (exact) mass is 291 g/mol. The summed E-state index contributed by atoms with van der Waals surface area (Å²) in [5.74, 6) is -0.0442. The maximum atomic E-state index is 12.5. The summed E-state index contributed by atoms with van der Waals surface area (Å²) in [6.45, 7) is 4.17. The van der Waals surface area contributed by atoms with Gasteiger partial charge in [-0.3, -0.25) is 9.89 Å². The molecule has 7 heteroatoms. The predicted octanol–water partition coefficient (Wildman–Crippen LogP) is 1.09. The number of H-pyrrole nitrogens is 1. The molecule has 2 aromatic heterocycles. The minimum Gasteiger partial charge on any atom is -0.335 e. The topological polar surface area (TPSA) is 73.9 Å². The highest BCUT2D eigenvalue weighted by Gasteiger charge is 2.24.